The van der Waals surface area contributed by atoms with Gasteiger partial charge in [0.1, 0.15) is 0 Å². The molecular formula is C23H21N3O3S2. The number of para-hydroxylation sites is 1. The van der Waals surface area contributed by atoms with E-state index in [1.54, 1.807) is 36.4 Å². The molecule has 158 valence electrons. The first-order valence-corrected chi connectivity index (χ1v) is 11.9. The van der Waals surface area contributed by atoms with Gasteiger partial charge in [-0.25, -0.2) is 13.4 Å². The number of amides is 1. The summed E-state index contributed by atoms with van der Waals surface area (Å²) in [6.07, 6.45) is 0. The summed E-state index contributed by atoms with van der Waals surface area (Å²) in [7, 11) is -3.83. The van der Waals surface area contributed by atoms with Gasteiger partial charge >= 0.3 is 0 Å². The molecule has 1 aromatic heterocycles. The molecule has 0 aliphatic carbocycles. The Kier molecular flexibility index (Phi) is 5.51. The zero-order valence-electron chi connectivity index (χ0n) is 17.3. The predicted octanol–water partition coefficient (Wildman–Crippen LogP) is 5.27. The number of benzene rings is 3. The smallest absolute Gasteiger partial charge is 0.261 e. The first-order chi connectivity index (χ1) is 14.7. The monoisotopic (exact) mass is 451 g/mol. The van der Waals surface area contributed by atoms with Crippen LogP contribution in [0.5, 0.6) is 0 Å². The Morgan fingerprint density at radius 1 is 0.903 bits per heavy atom. The van der Waals surface area contributed by atoms with E-state index in [9.17, 15) is 13.2 Å². The van der Waals surface area contributed by atoms with Crippen LogP contribution in [-0.2, 0) is 10.0 Å². The van der Waals surface area contributed by atoms with Crippen LogP contribution < -0.4 is 10.0 Å². The van der Waals surface area contributed by atoms with E-state index in [0.29, 0.717) is 5.13 Å². The summed E-state index contributed by atoms with van der Waals surface area (Å²) in [4.78, 5) is 17.6. The second-order valence-electron chi connectivity index (χ2n) is 7.31. The number of carbonyl (C=O) groups is 1. The van der Waals surface area contributed by atoms with Crippen LogP contribution in [0.3, 0.4) is 0 Å². The third-order valence-electron chi connectivity index (χ3n) is 4.91. The molecule has 1 amide bonds. The molecule has 4 aromatic rings. The number of nitrogens with zero attached hydrogens (tertiary/aromatic N) is 1. The fraction of sp³-hybridized carbons (Fsp3) is 0.130. The van der Waals surface area contributed by atoms with Gasteiger partial charge in [-0.3, -0.25) is 14.8 Å². The van der Waals surface area contributed by atoms with Gasteiger partial charge in [-0.05, 0) is 56.2 Å². The lowest BCUT2D eigenvalue weighted by molar-refractivity contribution is 0.102. The minimum atomic E-state index is -3.83. The first-order valence-electron chi connectivity index (χ1n) is 9.61. The van der Waals surface area contributed by atoms with Gasteiger partial charge in [-0.15, -0.1) is 0 Å². The van der Waals surface area contributed by atoms with Crippen LogP contribution in [-0.4, -0.2) is 19.3 Å². The van der Waals surface area contributed by atoms with Gasteiger partial charge in [0.2, 0.25) is 0 Å². The molecule has 8 heteroatoms. The Balaban J connectivity index is 1.62. The number of thiazole rings is 1. The third kappa shape index (κ3) is 4.30. The summed E-state index contributed by atoms with van der Waals surface area (Å²) < 4.78 is 29.1. The molecule has 0 saturated carbocycles. The van der Waals surface area contributed by atoms with Crippen molar-refractivity contribution in [1.29, 1.82) is 0 Å². The van der Waals surface area contributed by atoms with Crippen molar-refractivity contribution in [3.63, 3.8) is 0 Å². The number of fused-ring (bicyclic) bond motifs is 1. The lowest BCUT2D eigenvalue weighted by Crippen LogP contribution is -2.18. The zero-order chi connectivity index (χ0) is 22.2. The number of carbonyl (C=O) groups excluding carboxylic acids is 1. The number of sulfonamides is 1. The van der Waals surface area contributed by atoms with Gasteiger partial charge in [0.05, 0.1) is 26.4 Å². The Morgan fingerprint density at radius 2 is 1.58 bits per heavy atom. The van der Waals surface area contributed by atoms with Crippen LogP contribution in [0.2, 0.25) is 0 Å². The van der Waals surface area contributed by atoms with Gasteiger partial charge in [-0.1, -0.05) is 53.3 Å². The lowest BCUT2D eigenvalue weighted by atomic mass is 10.1. The topological polar surface area (TPSA) is 88.2 Å². The summed E-state index contributed by atoms with van der Waals surface area (Å²) in [5.41, 5.74) is 4.35. The normalized spacial score (nSPS) is 11.5. The highest BCUT2D eigenvalue weighted by atomic mass is 32.2. The Hall–Kier alpha value is -3.23. The molecule has 0 fully saturated rings. The number of aryl methyl sites for hydroxylation is 3. The largest absolute Gasteiger partial charge is 0.298 e. The lowest BCUT2D eigenvalue weighted by Gasteiger charge is -2.12. The molecular weight excluding hydrogens is 430 g/mol. The molecule has 31 heavy (non-hydrogen) atoms. The van der Waals surface area contributed by atoms with Crippen LogP contribution in [0.15, 0.2) is 65.6 Å². The summed E-state index contributed by atoms with van der Waals surface area (Å²) in [5, 5.41) is 3.28. The fourth-order valence-electron chi connectivity index (χ4n) is 3.17. The quantitative estimate of drug-likeness (QED) is 0.432. The third-order valence-corrected chi connectivity index (χ3v) is 7.40. The van der Waals surface area contributed by atoms with Crippen molar-refractivity contribution in [2.24, 2.45) is 0 Å². The van der Waals surface area contributed by atoms with Crippen molar-refractivity contribution < 1.29 is 13.2 Å². The zero-order valence-corrected chi connectivity index (χ0v) is 18.9. The van der Waals surface area contributed by atoms with E-state index < -0.39 is 15.9 Å². The van der Waals surface area contributed by atoms with Crippen LogP contribution in [0, 0.1) is 20.8 Å². The molecule has 0 aliphatic rings. The molecule has 4 rings (SSSR count). The van der Waals surface area contributed by atoms with Crippen molar-refractivity contribution in [3.8, 4) is 0 Å². The maximum atomic E-state index is 13.0. The van der Waals surface area contributed by atoms with Crippen LogP contribution in [0.1, 0.15) is 27.0 Å². The van der Waals surface area contributed by atoms with Gasteiger partial charge in [0, 0.05) is 0 Å². The van der Waals surface area contributed by atoms with E-state index in [0.717, 1.165) is 26.9 Å². The van der Waals surface area contributed by atoms with Crippen molar-refractivity contribution in [3.05, 3.63) is 82.9 Å². The van der Waals surface area contributed by atoms with E-state index in [-0.39, 0.29) is 16.1 Å². The maximum Gasteiger partial charge on any atom is 0.261 e. The fourth-order valence-corrected chi connectivity index (χ4v) is 5.25. The highest BCUT2D eigenvalue weighted by molar-refractivity contribution is 7.92. The molecule has 3 aromatic carbocycles. The van der Waals surface area contributed by atoms with Crippen LogP contribution in [0.25, 0.3) is 10.2 Å². The van der Waals surface area contributed by atoms with E-state index in [1.165, 1.54) is 23.5 Å². The van der Waals surface area contributed by atoms with Gasteiger partial charge in [0.15, 0.2) is 5.13 Å². The van der Waals surface area contributed by atoms with Crippen LogP contribution >= 0.6 is 11.3 Å². The first kappa shape index (κ1) is 21.0. The second kappa shape index (κ2) is 8.13. The minimum Gasteiger partial charge on any atom is -0.298 e. The number of hydrogen-bond acceptors (Lipinski definition) is 5. The molecule has 0 atom stereocenters. The number of nitrogens with one attached hydrogen (secondary N) is 2. The molecule has 2 N–H and O–H groups in total. The number of rotatable bonds is 5. The SMILES string of the molecule is Cc1ccc(S(=O)(=O)Nc2ccccc2C(=O)Nc2nc3c(C)ccc(C)c3s2)cc1. The van der Waals surface area contributed by atoms with E-state index in [4.69, 9.17) is 0 Å². The van der Waals surface area contributed by atoms with E-state index >= 15 is 0 Å². The second-order valence-corrected chi connectivity index (χ2v) is 10.00. The molecule has 0 aliphatic heterocycles. The van der Waals surface area contributed by atoms with E-state index in [1.807, 2.05) is 32.9 Å². The molecule has 0 unspecified atom stereocenters. The van der Waals surface area contributed by atoms with Gasteiger partial charge in [-0.2, -0.15) is 0 Å². The molecule has 1 heterocycles. The molecule has 0 saturated heterocycles. The summed E-state index contributed by atoms with van der Waals surface area (Å²) in [5.74, 6) is -0.434. The number of hydrogen-bond donors (Lipinski definition) is 2. The highest BCUT2D eigenvalue weighted by Crippen LogP contribution is 2.31. The van der Waals surface area contributed by atoms with E-state index in [2.05, 4.69) is 15.0 Å². The molecule has 0 spiro atoms. The summed E-state index contributed by atoms with van der Waals surface area (Å²) >= 11 is 1.40. The van der Waals surface area contributed by atoms with Crippen molar-refractivity contribution >= 4 is 48.3 Å². The van der Waals surface area contributed by atoms with Gasteiger partial charge < -0.3 is 0 Å². The molecule has 6 nitrogen and oxygen atoms in total. The Labute approximate surface area is 185 Å². The average molecular weight is 452 g/mol. The number of anilines is 2. The summed E-state index contributed by atoms with van der Waals surface area (Å²) in [6.45, 7) is 5.86. The standard InChI is InChI=1S/C23H21N3O3S2/c1-14-8-12-17(13-9-14)31(28,29)26-19-7-5-4-6-18(19)22(27)25-23-24-20-15(2)10-11-16(3)21(20)30-23/h4-13,26H,1-3H3,(H,24,25,27). The van der Waals surface area contributed by atoms with Crippen molar-refractivity contribution in [2.45, 2.75) is 25.7 Å². The molecule has 0 bridgehead atoms. The number of aromatic nitrogens is 1. The average Bonchev–Trinajstić information content (AvgIpc) is 3.16. The highest BCUT2D eigenvalue weighted by Gasteiger charge is 2.19. The van der Waals surface area contributed by atoms with Crippen LogP contribution in [0.4, 0.5) is 10.8 Å². The van der Waals surface area contributed by atoms with Crippen molar-refractivity contribution in [2.75, 3.05) is 10.0 Å². The maximum absolute atomic E-state index is 13.0. The minimum absolute atomic E-state index is 0.130. The Morgan fingerprint density at radius 3 is 2.29 bits per heavy atom. The molecule has 0 radical (unpaired) electrons. The van der Waals surface area contributed by atoms with Crippen molar-refractivity contribution in [1.82, 2.24) is 4.98 Å². The predicted molar refractivity (Wildman–Crippen MR) is 125 cm³/mol. The van der Waals surface area contributed by atoms with Gasteiger partial charge in [0.25, 0.3) is 15.9 Å². The Bertz CT molecular complexity index is 1350. The summed E-state index contributed by atoms with van der Waals surface area (Å²) in [6, 6.07) is 17.0.